The number of carbonyl (C=O) groups excluding carboxylic acids is 1. The summed E-state index contributed by atoms with van der Waals surface area (Å²) in [6, 6.07) is 0. The van der Waals surface area contributed by atoms with Crippen LogP contribution < -0.4 is 0 Å². The molecule has 0 atom stereocenters. The molecule has 0 fully saturated rings. The number of rotatable bonds is 3. The zero-order chi connectivity index (χ0) is 11.4. The van der Waals surface area contributed by atoms with Gasteiger partial charge in [-0.2, -0.15) is 13.2 Å². The third kappa shape index (κ3) is 3.55. The number of Topliss-reactive ketones (excluding diaryl/α,β-unsaturated/α-hetero) is 1. The van der Waals surface area contributed by atoms with Gasteiger partial charge in [-0.1, -0.05) is 6.58 Å². The number of carbonyl (C=O) groups is 1. The van der Waals surface area contributed by atoms with Gasteiger partial charge in [0.05, 0.1) is 5.57 Å². The highest BCUT2D eigenvalue weighted by atomic mass is 19.4. The van der Waals surface area contributed by atoms with Crippen LogP contribution in [-0.2, 0) is 4.79 Å². The van der Waals surface area contributed by atoms with Gasteiger partial charge >= 0.3 is 6.18 Å². The summed E-state index contributed by atoms with van der Waals surface area (Å²) < 4.78 is 36.4. The summed E-state index contributed by atoms with van der Waals surface area (Å²) in [6.45, 7) is 5.38. The average molecular weight is 205 g/mol. The molecule has 0 heterocycles. The number of nitrogens with zero attached hydrogens (tertiary/aromatic N) is 1. The first-order valence-corrected chi connectivity index (χ1v) is 3.76. The van der Waals surface area contributed by atoms with Crippen molar-refractivity contribution in [1.29, 1.82) is 0 Å². The molecule has 0 saturated heterocycles. The minimum absolute atomic E-state index is 0.518. The van der Waals surface area contributed by atoms with E-state index in [9.17, 15) is 18.0 Å². The molecule has 0 aliphatic heterocycles. The highest BCUT2D eigenvalue weighted by Gasteiger charge is 2.35. The number of alkyl halides is 3. The second-order valence-electron chi connectivity index (χ2n) is 2.48. The van der Waals surface area contributed by atoms with Gasteiger partial charge in [0, 0.05) is 18.0 Å². The first-order chi connectivity index (χ1) is 6.30. The molecule has 0 bridgehead atoms. The van der Waals surface area contributed by atoms with E-state index in [0.717, 1.165) is 13.1 Å². The molecule has 14 heavy (non-hydrogen) atoms. The van der Waals surface area contributed by atoms with Crippen LogP contribution in [0.3, 0.4) is 0 Å². The standard InChI is InChI=1S/C9H10F3NO/c1-4-13-5-8(7(3)14)6(2)9(10,11)12/h4-5H,2H2,1,3H3/b8-5+,13-4?. The average Bonchev–Trinajstić information content (AvgIpc) is 2.02. The topological polar surface area (TPSA) is 29.4 Å². The fourth-order valence-electron chi connectivity index (χ4n) is 0.683. The van der Waals surface area contributed by atoms with Crippen molar-refractivity contribution < 1.29 is 18.0 Å². The van der Waals surface area contributed by atoms with Crippen molar-refractivity contribution in [2.45, 2.75) is 20.0 Å². The summed E-state index contributed by atoms with van der Waals surface area (Å²) in [5.74, 6) is -0.710. The number of allylic oxidation sites excluding steroid dienone is 2. The SMILES string of the molecule is C=C(/C(=C\N=CC)C(C)=O)C(F)(F)F. The van der Waals surface area contributed by atoms with Crippen LogP contribution in [0.1, 0.15) is 13.8 Å². The van der Waals surface area contributed by atoms with E-state index >= 15 is 0 Å². The van der Waals surface area contributed by atoms with Crippen LogP contribution in [0.25, 0.3) is 0 Å². The third-order valence-electron chi connectivity index (χ3n) is 1.40. The van der Waals surface area contributed by atoms with E-state index in [1.165, 1.54) is 13.1 Å². The van der Waals surface area contributed by atoms with Crippen LogP contribution in [0.2, 0.25) is 0 Å². The monoisotopic (exact) mass is 205 g/mol. The second-order valence-corrected chi connectivity index (χ2v) is 2.48. The highest BCUT2D eigenvalue weighted by molar-refractivity contribution is 5.97. The van der Waals surface area contributed by atoms with Crippen molar-refractivity contribution in [2.75, 3.05) is 0 Å². The molecule has 0 aliphatic rings. The number of halogens is 3. The molecule has 0 aliphatic carbocycles. The van der Waals surface area contributed by atoms with Gasteiger partial charge in [-0.05, 0) is 13.8 Å². The van der Waals surface area contributed by atoms with Crippen molar-refractivity contribution in [3.05, 3.63) is 23.9 Å². The molecule has 0 aromatic heterocycles. The van der Waals surface area contributed by atoms with Gasteiger partial charge in [0.25, 0.3) is 0 Å². The van der Waals surface area contributed by atoms with E-state index in [0.29, 0.717) is 0 Å². The summed E-state index contributed by atoms with van der Waals surface area (Å²) in [7, 11) is 0. The quantitative estimate of drug-likeness (QED) is 0.395. The van der Waals surface area contributed by atoms with Crippen LogP contribution in [0.4, 0.5) is 13.2 Å². The number of hydrogen-bond donors (Lipinski definition) is 0. The summed E-state index contributed by atoms with van der Waals surface area (Å²) >= 11 is 0. The lowest BCUT2D eigenvalue weighted by Gasteiger charge is -2.10. The first-order valence-electron chi connectivity index (χ1n) is 3.76. The molecule has 5 heteroatoms. The molecule has 0 saturated carbocycles. The first kappa shape index (κ1) is 12.6. The van der Waals surface area contributed by atoms with E-state index in [2.05, 4.69) is 11.6 Å². The second kappa shape index (κ2) is 4.74. The van der Waals surface area contributed by atoms with Gasteiger partial charge in [0.2, 0.25) is 0 Å². The smallest absolute Gasteiger partial charge is 0.294 e. The van der Waals surface area contributed by atoms with E-state index < -0.39 is 23.1 Å². The van der Waals surface area contributed by atoms with E-state index in [1.807, 2.05) is 0 Å². The van der Waals surface area contributed by atoms with E-state index in [-0.39, 0.29) is 0 Å². The maximum Gasteiger partial charge on any atom is 0.416 e. The lowest BCUT2D eigenvalue weighted by molar-refractivity contribution is -0.116. The molecule has 2 nitrogen and oxygen atoms in total. The minimum atomic E-state index is -4.60. The molecule has 0 spiro atoms. The Balaban J connectivity index is 5.05. The summed E-state index contributed by atoms with van der Waals surface area (Å²) in [6.07, 6.45) is -2.45. The molecule has 78 valence electrons. The van der Waals surface area contributed by atoms with Gasteiger partial charge in [-0.3, -0.25) is 9.79 Å². The normalized spacial score (nSPS) is 13.4. The van der Waals surface area contributed by atoms with Crippen LogP contribution >= 0.6 is 0 Å². The molecule has 0 aromatic carbocycles. The van der Waals surface area contributed by atoms with Crippen LogP contribution in [0.15, 0.2) is 28.9 Å². The van der Waals surface area contributed by atoms with Crippen molar-refractivity contribution in [1.82, 2.24) is 0 Å². The lowest BCUT2D eigenvalue weighted by Crippen LogP contribution is -2.16. The molecule has 0 radical (unpaired) electrons. The molecule has 0 N–H and O–H groups in total. The Morgan fingerprint density at radius 2 is 1.93 bits per heavy atom. The van der Waals surface area contributed by atoms with Crippen LogP contribution in [0, 0.1) is 0 Å². The zero-order valence-electron chi connectivity index (χ0n) is 7.85. The van der Waals surface area contributed by atoms with Gasteiger partial charge < -0.3 is 0 Å². The van der Waals surface area contributed by atoms with Gasteiger partial charge in [0.1, 0.15) is 0 Å². The van der Waals surface area contributed by atoms with Crippen molar-refractivity contribution in [2.24, 2.45) is 4.99 Å². The van der Waals surface area contributed by atoms with Crippen molar-refractivity contribution in [3.63, 3.8) is 0 Å². The Bertz CT molecular complexity index is 300. The van der Waals surface area contributed by atoms with E-state index in [4.69, 9.17) is 0 Å². The Morgan fingerprint density at radius 3 is 2.21 bits per heavy atom. The fraction of sp³-hybridized carbons (Fsp3) is 0.333. The van der Waals surface area contributed by atoms with Crippen molar-refractivity contribution in [3.8, 4) is 0 Å². The maximum absolute atomic E-state index is 12.1. The molecular formula is C9H10F3NO. The Labute approximate surface area is 79.8 Å². The lowest BCUT2D eigenvalue weighted by atomic mass is 10.1. The summed E-state index contributed by atoms with van der Waals surface area (Å²) in [5.41, 5.74) is -1.69. The molecule has 0 amide bonds. The predicted octanol–water partition coefficient (Wildman–Crippen LogP) is 2.67. The molecule has 0 aromatic rings. The third-order valence-corrected chi connectivity index (χ3v) is 1.40. The van der Waals surface area contributed by atoms with Gasteiger partial charge in [-0.25, -0.2) is 0 Å². The molecule has 0 unspecified atom stereocenters. The Kier molecular flexibility index (Phi) is 4.27. The predicted molar refractivity (Wildman–Crippen MR) is 48.1 cm³/mol. The minimum Gasteiger partial charge on any atom is -0.294 e. The highest BCUT2D eigenvalue weighted by Crippen LogP contribution is 2.29. The Morgan fingerprint density at radius 1 is 1.43 bits per heavy atom. The van der Waals surface area contributed by atoms with E-state index in [1.54, 1.807) is 0 Å². The summed E-state index contributed by atoms with van der Waals surface area (Å²) in [5, 5.41) is 0. The number of ketones is 1. The van der Waals surface area contributed by atoms with Crippen molar-refractivity contribution >= 4 is 12.0 Å². The molecule has 0 rings (SSSR count). The number of hydrogen-bond acceptors (Lipinski definition) is 2. The maximum atomic E-state index is 12.1. The van der Waals surface area contributed by atoms with Gasteiger partial charge in [-0.15, -0.1) is 0 Å². The Hall–Kier alpha value is -1.39. The largest absolute Gasteiger partial charge is 0.416 e. The van der Waals surface area contributed by atoms with Crippen LogP contribution in [0.5, 0.6) is 0 Å². The number of aliphatic imine (C=N–C) groups is 1. The van der Waals surface area contributed by atoms with Gasteiger partial charge in [0.15, 0.2) is 5.78 Å². The zero-order valence-corrected chi connectivity index (χ0v) is 7.85. The molecular weight excluding hydrogens is 195 g/mol. The fourth-order valence-corrected chi connectivity index (χ4v) is 0.683. The summed E-state index contributed by atoms with van der Waals surface area (Å²) in [4.78, 5) is 14.3. The van der Waals surface area contributed by atoms with Crippen LogP contribution in [-0.4, -0.2) is 18.2 Å².